The lowest BCUT2D eigenvalue weighted by Gasteiger charge is -2.32. The van der Waals surface area contributed by atoms with E-state index in [1.54, 1.807) is 12.1 Å². The van der Waals surface area contributed by atoms with Gasteiger partial charge in [0.25, 0.3) is 0 Å². The van der Waals surface area contributed by atoms with Crippen molar-refractivity contribution in [2.45, 2.75) is 60.5 Å². The molecule has 1 aliphatic heterocycles. The van der Waals surface area contributed by atoms with Gasteiger partial charge in [-0.1, -0.05) is 12.1 Å². The van der Waals surface area contributed by atoms with Gasteiger partial charge in [-0.05, 0) is 92.3 Å². The quantitative estimate of drug-likeness (QED) is 0.564. The van der Waals surface area contributed by atoms with E-state index < -0.39 is 38.1 Å². The van der Waals surface area contributed by atoms with Crippen molar-refractivity contribution in [3.63, 3.8) is 0 Å². The van der Waals surface area contributed by atoms with E-state index in [2.05, 4.69) is 0 Å². The fourth-order valence-electron chi connectivity index (χ4n) is 5.80. The molecule has 1 amide bonds. The lowest BCUT2D eigenvalue weighted by atomic mass is 9.81. The molecule has 2 aromatic carbocycles. The molecule has 1 atom stereocenters. The summed E-state index contributed by atoms with van der Waals surface area (Å²) in [5, 5.41) is 9.25. The number of nitrogens with zero attached hydrogens (tertiary/aromatic N) is 1. The summed E-state index contributed by atoms with van der Waals surface area (Å²) in [6.45, 7) is 0.0523. The maximum absolute atomic E-state index is 15.1. The zero-order valence-electron chi connectivity index (χ0n) is 19.8. The molecule has 0 aromatic heterocycles. The number of amides is 1. The minimum absolute atomic E-state index is 0.0770. The van der Waals surface area contributed by atoms with Crippen LogP contribution in [0, 0.1) is 23.5 Å². The molecule has 1 N–H and O–H groups in total. The number of carboxylic acids is 1. The number of sulfone groups is 1. The molecule has 1 heterocycles. The fraction of sp³-hybridized carbons (Fsp3) is 0.481. The zero-order chi connectivity index (χ0) is 25.7. The monoisotopic (exact) mass is 517 g/mol. The number of halogens is 2. The first-order chi connectivity index (χ1) is 17.1. The third-order valence-corrected chi connectivity index (χ3v) is 10.6. The van der Waals surface area contributed by atoms with Gasteiger partial charge < -0.3 is 10.0 Å². The lowest BCUT2D eigenvalue weighted by molar-refractivity contribution is -0.145. The first-order valence-corrected chi connectivity index (χ1v) is 13.9. The second kappa shape index (κ2) is 9.25. The number of carbonyl (C=O) groups is 2. The van der Waals surface area contributed by atoms with E-state index in [1.807, 2.05) is 0 Å². The molecule has 2 saturated carbocycles. The second-order valence-corrected chi connectivity index (χ2v) is 12.6. The number of likely N-dealkylation sites (tertiary alicyclic amines) is 1. The number of hydrogen-bond donors (Lipinski definition) is 1. The number of carboxylic acid groups (broad SMARTS) is 1. The van der Waals surface area contributed by atoms with Crippen molar-refractivity contribution in [2.75, 3.05) is 13.1 Å². The van der Waals surface area contributed by atoms with Crippen LogP contribution in [0.2, 0.25) is 0 Å². The standard InChI is InChI=1S/C27H29F2NO5S/c28-21-8-10-22(11-9-21)36(34,35)27(20-7-12-23(17-1-2-17)24(29)15-20)13-14-30(16-27)25(31)18-3-5-19(6-4-18)26(32)33/h7-12,15,17-19H,1-6,13-14,16H2,(H,32,33)/t18-,19-,27-/m0/s1. The number of aliphatic carboxylic acids is 1. The smallest absolute Gasteiger partial charge is 0.306 e. The molecular formula is C27H29F2NO5S. The number of rotatable bonds is 6. The molecule has 0 radical (unpaired) electrons. The van der Waals surface area contributed by atoms with Gasteiger partial charge in [-0.25, -0.2) is 17.2 Å². The van der Waals surface area contributed by atoms with E-state index in [0.29, 0.717) is 36.8 Å². The van der Waals surface area contributed by atoms with Crippen molar-refractivity contribution in [2.24, 2.45) is 11.8 Å². The fourth-order valence-corrected chi connectivity index (χ4v) is 7.87. The number of benzene rings is 2. The van der Waals surface area contributed by atoms with Crippen LogP contribution in [0.15, 0.2) is 47.4 Å². The van der Waals surface area contributed by atoms with Gasteiger partial charge in [0, 0.05) is 19.0 Å². The van der Waals surface area contributed by atoms with E-state index in [-0.39, 0.29) is 42.1 Å². The normalized spacial score (nSPS) is 26.7. The maximum atomic E-state index is 15.1. The Balaban J connectivity index is 1.48. The van der Waals surface area contributed by atoms with Crippen LogP contribution in [-0.4, -0.2) is 43.4 Å². The summed E-state index contributed by atoms with van der Waals surface area (Å²) in [6.07, 6.45) is 3.59. The van der Waals surface area contributed by atoms with Gasteiger partial charge in [0.1, 0.15) is 16.4 Å². The SMILES string of the molecule is O=C(O)[C@H]1CC[C@H](C(=O)N2CC[C@](c3ccc(C4CC4)c(F)c3)(S(=O)(=O)c3ccc(F)cc3)C2)CC1. The average molecular weight is 518 g/mol. The highest BCUT2D eigenvalue weighted by Crippen LogP contribution is 2.47. The Morgan fingerprint density at radius 3 is 2.14 bits per heavy atom. The Labute approximate surface area is 209 Å². The summed E-state index contributed by atoms with van der Waals surface area (Å²) >= 11 is 0. The van der Waals surface area contributed by atoms with Crippen molar-refractivity contribution in [3.8, 4) is 0 Å². The molecule has 36 heavy (non-hydrogen) atoms. The highest BCUT2D eigenvalue weighted by Gasteiger charge is 2.53. The Hall–Kier alpha value is -2.81. The van der Waals surface area contributed by atoms with E-state index in [9.17, 15) is 27.5 Å². The van der Waals surface area contributed by atoms with Crippen LogP contribution in [0.25, 0.3) is 0 Å². The van der Waals surface area contributed by atoms with Crippen LogP contribution >= 0.6 is 0 Å². The van der Waals surface area contributed by atoms with Crippen molar-refractivity contribution in [1.82, 2.24) is 4.90 Å². The first-order valence-electron chi connectivity index (χ1n) is 12.4. The van der Waals surface area contributed by atoms with Gasteiger partial charge in [0.05, 0.1) is 10.8 Å². The third-order valence-electron chi connectivity index (χ3n) is 8.15. The molecule has 2 aromatic rings. The zero-order valence-corrected chi connectivity index (χ0v) is 20.6. The third kappa shape index (κ3) is 4.31. The molecule has 0 spiro atoms. The van der Waals surface area contributed by atoms with Crippen LogP contribution in [0.3, 0.4) is 0 Å². The molecule has 2 aliphatic carbocycles. The van der Waals surface area contributed by atoms with Gasteiger partial charge in [-0.3, -0.25) is 9.59 Å². The molecule has 0 unspecified atom stereocenters. The second-order valence-electron chi connectivity index (χ2n) is 10.4. The van der Waals surface area contributed by atoms with Crippen molar-refractivity contribution >= 4 is 21.7 Å². The highest BCUT2D eigenvalue weighted by atomic mass is 32.2. The van der Waals surface area contributed by atoms with Crippen LogP contribution in [0.1, 0.15) is 62.0 Å². The van der Waals surface area contributed by atoms with Gasteiger partial charge >= 0.3 is 5.97 Å². The minimum Gasteiger partial charge on any atom is -0.481 e. The van der Waals surface area contributed by atoms with Crippen LogP contribution < -0.4 is 0 Å². The van der Waals surface area contributed by atoms with Crippen LogP contribution in [0.5, 0.6) is 0 Å². The Morgan fingerprint density at radius 2 is 1.56 bits per heavy atom. The van der Waals surface area contributed by atoms with Crippen LogP contribution in [0.4, 0.5) is 8.78 Å². The van der Waals surface area contributed by atoms with Crippen molar-refractivity contribution < 1.29 is 31.9 Å². The van der Waals surface area contributed by atoms with E-state index in [4.69, 9.17) is 0 Å². The highest BCUT2D eigenvalue weighted by molar-refractivity contribution is 7.92. The predicted molar refractivity (Wildman–Crippen MR) is 128 cm³/mol. The van der Waals surface area contributed by atoms with Gasteiger partial charge in [0.2, 0.25) is 5.91 Å². The number of hydrogen-bond acceptors (Lipinski definition) is 4. The molecule has 5 rings (SSSR count). The molecule has 1 saturated heterocycles. The molecular weight excluding hydrogens is 488 g/mol. The summed E-state index contributed by atoms with van der Waals surface area (Å²) in [4.78, 5) is 26.1. The van der Waals surface area contributed by atoms with Gasteiger partial charge in [0.15, 0.2) is 9.84 Å². The predicted octanol–water partition coefficient (Wildman–Crippen LogP) is 4.63. The van der Waals surface area contributed by atoms with Crippen molar-refractivity contribution in [1.29, 1.82) is 0 Å². The average Bonchev–Trinajstić information content (AvgIpc) is 3.60. The summed E-state index contributed by atoms with van der Waals surface area (Å²) in [7, 11) is -4.13. The Bertz CT molecular complexity index is 1280. The van der Waals surface area contributed by atoms with E-state index >= 15 is 4.39 Å². The minimum atomic E-state index is -4.13. The van der Waals surface area contributed by atoms with E-state index in [0.717, 1.165) is 25.0 Å². The number of carbonyl (C=O) groups excluding carboxylic acids is 1. The largest absolute Gasteiger partial charge is 0.481 e. The molecule has 192 valence electrons. The maximum Gasteiger partial charge on any atom is 0.306 e. The molecule has 6 nitrogen and oxygen atoms in total. The molecule has 9 heteroatoms. The molecule has 0 bridgehead atoms. The summed E-state index contributed by atoms with van der Waals surface area (Å²) in [6, 6.07) is 9.18. The van der Waals surface area contributed by atoms with E-state index in [1.165, 1.54) is 23.1 Å². The van der Waals surface area contributed by atoms with Gasteiger partial charge in [-0.2, -0.15) is 0 Å². The molecule has 3 aliphatic rings. The Morgan fingerprint density at radius 1 is 0.917 bits per heavy atom. The Kier molecular flexibility index (Phi) is 6.39. The van der Waals surface area contributed by atoms with Crippen LogP contribution in [-0.2, 0) is 24.2 Å². The first kappa shape index (κ1) is 24.9. The summed E-state index contributed by atoms with van der Waals surface area (Å²) < 4.78 is 55.1. The van der Waals surface area contributed by atoms with Crippen molar-refractivity contribution in [3.05, 3.63) is 65.2 Å². The topological polar surface area (TPSA) is 91.8 Å². The molecule has 3 fully saturated rings. The van der Waals surface area contributed by atoms with Gasteiger partial charge in [-0.15, -0.1) is 0 Å². The summed E-state index contributed by atoms with van der Waals surface area (Å²) in [5.41, 5.74) is 0.868. The lowest BCUT2D eigenvalue weighted by Crippen LogP contribution is -2.43. The summed E-state index contributed by atoms with van der Waals surface area (Å²) in [5.74, 6) is -2.72.